The van der Waals surface area contributed by atoms with Crippen LogP contribution < -0.4 is 4.74 Å². The Balaban J connectivity index is 1.38. The minimum absolute atomic E-state index is 0.0828. The monoisotopic (exact) mass is 488 g/mol. The summed E-state index contributed by atoms with van der Waals surface area (Å²) >= 11 is 6.23. The van der Waals surface area contributed by atoms with Crippen LogP contribution in [0.4, 0.5) is 13.2 Å². The standard InChI is InChI=1S/C24H20ClF3N4O2/c25-16-4-6-18(22-29-8-1-9-30-22)19(11-16)23(33)32-17(5-2-14-10-20(14)32)13-34-21-7-3-15(12-31-21)24(26,27)28/h1,3-4,6-9,11-12,14,17,20H,2,5,10,13H2/t14?,17-,20?/m0/s1. The molecule has 2 aromatic heterocycles. The first kappa shape index (κ1) is 22.6. The first-order chi connectivity index (χ1) is 16.3. The van der Waals surface area contributed by atoms with Crippen LogP contribution in [0.2, 0.25) is 5.02 Å². The molecule has 1 aliphatic carbocycles. The van der Waals surface area contributed by atoms with Crippen LogP contribution in [0.15, 0.2) is 55.0 Å². The fourth-order valence-electron chi connectivity index (χ4n) is 4.46. The van der Waals surface area contributed by atoms with Gasteiger partial charge in [0.1, 0.15) is 6.61 Å². The van der Waals surface area contributed by atoms with Crippen molar-refractivity contribution in [3.8, 4) is 17.3 Å². The smallest absolute Gasteiger partial charge is 0.417 e. The number of fused-ring (bicyclic) bond motifs is 1. The van der Waals surface area contributed by atoms with Crippen molar-refractivity contribution in [1.29, 1.82) is 0 Å². The number of likely N-dealkylation sites (tertiary alicyclic amines) is 1. The van der Waals surface area contributed by atoms with E-state index in [1.165, 1.54) is 6.07 Å². The zero-order chi connectivity index (χ0) is 23.9. The first-order valence-corrected chi connectivity index (χ1v) is 11.2. The number of carbonyl (C=O) groups is 1. The van der Waals surface area contributed by atoms with E-state index in [1.807, 2.05) is 4.90 Å². The van der Waals surface area contributed by atoms with Crippen LogP contribution in [-0.4, -0.2) is 44.4 Å². The van der Waals surface area contributed by atoms with E-state index >= 15 is 0 Å². The van der Waals surface area contributed by atoms with Crippen molar-refractivity contribution in [2.45, 2.75) is 37.5 Å². The molecule has 6 nitrogen and oxygen atoms in total. The van der Waals surface area contributed by atoms with Gasteiger partial charge in [0, 0.05) is 41.3 Å². The Morgan fingerprint density at radius 1 is 1.12 bits per heavy atom. The van der Waals surface area contributed by atoms with Crippen LogP contribution in [0.3, 0.4) is 0 Å². The summed E-state index contributed by atoms with van der Waals surface area (Å²) in [7, 11) is 0. The summed E-state index contributed by atoms with van der Waals surface area (Å²) in [6, 6.07) is 8.72. The second-order valence-corrected chi connectivity index (χ2v) is 8.90. The van der Waals surface area contributed by atoms with Crippen LogP contribution in [0.1, 0.15) is 35.2 Å². The van der Waals surface area contributed by atoms with Gasteiger partial charge in [-0.2, -0.15) is 13.2 Å². The number of ether oxygens (including phenoxy) is 1. The molecule has 0 N–H and O–H groups in total. The van der Waals surface area contributed by atoms with Crippen LogP contribution in [0.25, 0.3) is 11.4 Å². The summed E-state index contributed by atoms with van der Waals surface area (Å²) in [5.74, 6) is 0.763. The fourth-order valence-corrected chi connectivity index (χ4v) is 4.63. The first-order valence-electron chi connectivity index (χ1n) is 10.9. The molecule has 1 saturated heterocycles. The third-order valence-electron chi connectivity index (χ3n) is 6.25. The molecule has 3 heterocycles. The highest BCUT2D eigenvalue weighted by Crippen LogP contribution is 2.46. The second kappa shape index (κ2) is 8.87. The van der Waals surface area contributed by atoms with Gasteiger partial charge in [-0.3, -0.25) is 4.79 Å². The topological polar surface area (TPSA) is 68.2 Å². The predicted octanol–water partition coefficient (Wildman–Crippen LogP) is 5.28. The average molecular weight is 489 g/mol. The van der Waals surface area contributed by atoms with Gasteiger partial charge in [0.15, 0.2) is 5.82 Å². The van der Waals surface area contributed by atoms with Gasteiger partial charge in [0.05, 0.1) is 17.2 Å². The van der Waals surface area contributed by atoms with Gasteiger partial charge in [0.25, 0.3) is 5.91 Å². The number of hydrogen-bond acceptors (Lipinski definition) is 5. The number of aromatic nitrogens is 3. The molecular formula is C24H20ClF3N4O2. The van der Waals surface area contributed by atoms with Crippen LogP contribution in [0, 0.1) is 5.92 Å². The van der Waals surface area contributed by atoms with E-state index in [0.29, 0.717) is 27.9 Å². The molecule has 2 fully saturated rings. The summed E-state index contributed by atoms with van der Waals surface area (Å²) in [5.41, 5.74) is 0.150. The Labute approximate surface area is 198 Å². The number of amides is 1. The number of halogens is 4. The minimum Gasteiger partial charge on any atom is -0.475 e. The fraction of sp³-hybridized carbons (Fsp3) is 0.333. The average Bonchev–Trinajstić information content (AvgIpc) is 3.62. The molecule has 10 heteroatoms. The lowest BCUT2D eigenvalue weighted by atomic mass is 9.99. The minimum atomic E-state index is -4.46. The molecule has 2 unspecified atom stereocenters. The largest absolute Gasteiger partial charge is 0.475 e. The summed E-state index contributed by atoms with van der Waals surface area (Å²) in [5, 5.41) is 0.425. The van der Waals surface area contributed by atoms with E-state index in [2.05, 4.69) is 15.0 Å². The maximum Gasteiger partial charge on any atom is 0.417 e. The van der Waals surface area contributed by atoms with Gasteiger partial charge in [-0.15, -0.1) is 0 Å². The molecule has 3 aromatic rings. The maximum absolute atomic E-state index is 13.8. The molecule has 0 radical (unpaired) electrons. The van der Waals surface area contributed by atoms with Crippen molar-refractivity contribution < 1.29 is 22.7 Å². The van der Waals surface area contributed by atoms with Gasteiger partial charge < -0.3 is 9.64 Å². The highest BCUT2D eigenvalue weighted by Gasteiger charge is 2.50. The van der Waals surface area contributed by atoms with E-state index < -0.39 is 11.7 Å². The summed E-state index contributed by atoms with van der Waals surface area (Å²) < 4.78 is 44.1. The summed E-state index contributed by atoms with van der Waals surface area (Å²) in [6.07, 6.45) is 2.11. The maximum atomic E-state index is 13.8. The molecule has 5 rings (SSSR count). The van der Waals surface area contributed by atoms with Crippen molar-refractivity contribution in [2.75, 3.05) is 6.61 Å². The number of benzene rings is 1. The zero-order valence-corrected chi connectivity index (χ0v) is 18.6. The number of nitrogens with zero attached hydrogens (tertiary/aromatic N) is 4. The molecular weight excluding hydrogens is 469 g/mol. The zero-order valence-electron chi connectivity index (χ0n) is 17.9. The van der Waals surface area contributed by atoms with Crippen LogP contribution in [0.5, 0.6) is 5.88 Å². The molecule has 1 aliphatic heterocycles. The van der Waals surface area contributed by atoms with Crippen molar-refractivity contribution in [3.05, 3.63) is 71.1 Å². The summed E-state index contributed by atoms with van der Waals surface area (Å²) in [4.78, 5) is 27.9. The van der Waals surface area contributed by atoms with Gasteiger partial charge in [0.2, 0.25) is 5.88 Å². The van der Waals surface area contributed by atoms with Gasteiger partial charge >= 0.3 is 6.18 Å². The lowest BCUT2D eigenvalue weighted by molar-refractivity contribution is -0.137. The third kappa shape index (κ3) is 4.57. The Bertz CT molecular complexity index is 1190. The number of carbonyl (C=O) groups excluding carboxylic acids is 1. The second-order valence-electron chi connectivity index (χ2n) is 8.46. The van der Waals surface area contributed by atoms with E-state index in [4.69, 9.17) is 16.3 Å². The molecule has 1 amide bonds. The quantitative estimate of drug-likeness (QED) is 0.488. The number of piperidine rings is 1. The van der Waals surface area contributed by atoms with Crippen LogP contribution >= 0.6 is 11.6 Å². The SMILES string of the molecule is O=C(c1cc(Cl)ccc1-c1ncccn1)N1C2CC2CC[C@H]1COc1ccc(C(F)(F)F)cn1. The van der Waals surface area contributed by atoms with Gasteiger partial charge in [-0.05, 0) is 55.5 Å². The lowest BCUT2D eigenvalue weighted by Crippen LogP contribution is -2.48. The van der Waals surface area contributed by atoms with E-state index in [1.54, 1.807) is 36.7 Å². The van der Waals surface area contributed by atoms with Gasteiger partial charge in [-0.1, -0.05) is 11.6 Å². The molecule has 176 valence electrons. The normalized spacial score (nSPS) is 21.6. The van der Waals surface area contributed by atoms with E-state index in [0.717, 1.165) is 31.5 Å². The Kier molecular flexibility index (Phi) is 5.89. The summed E-state index contributed by atoms with van der Waals surface area (Å²) in [6.45, 7) is 0.130. The van der Waals surface area contributed by atoms with Crippen molar-refractivity contribution in [3.63, 3.8) is 0 Å². The molecule has 2 aliphatic rings. The lowest BCUT2D eigenvalue weighted by Gasteiger charge is -2.36. The Morgan fingerprint density at radius 2 is 1.91 bits per heavy atom. The Hall–Kier alpha value is -3.20. The van der Waals surface area contributed by atoms with Crippen molar-refractivity contribution in [2.24, 2.45) is 5.92 Å². The Morgan fingerprint density at radius 3 is 2.62 bits per heavy atom. The van der Waals surface area contributed by atoms with E-state index in [9.17, 15) is 18.0 Å². The highest BCUT2D eigenvalue weighted by molar-refractivity contribution is 6.31. The van der Waals surface area contributed by atoms with Gasteiger partial charge in [-0.25, -0.2) is 15.0 Å². The van der Waals surface area contributed by atoms with Crippen molar-refractivity contribution in [1.82, 2.24) is 19.9 Å². The molecule has 3 atom stereocenters. The van der Waals surface area contributed by atoms with E-state index in [-0.39, 0.29) is 30.5 Å². The molecule has 34 heavy (non-hydrogen) atoms. The number of hydrogen-bond donors (Lipinski definition) is 0. The van der Waals surface area contributed by atoms with Crippen LogP contribution in [-0.2, 0) is 6.18 Å². The molecule has 1 saturated carbocycles. The number of alkyl halides is 3. The predicted molar refractivity (Wildman–Crippen MR) is 118 cm³/mol. The molecule has 1 aromatic carbocycles. The number of rotatable bonds is 5. The van der Waals surface area contributed by atoms with Crippen molar-refractivity contribution >= 4 is 17.5 Å². The number of pyridine rings is 1. The molecule has 0 bridgehead atoms. The highest BCUT2D eigenvalue weighted by atomic mass is 35.5. The molecule has 0 spiro atoms. The third-order valence-corrected chi connectivity index (χ3v) is 6.48.